The number of anilines is 2. The third-order valence-electron chi connectivity index (χ3n) is 3.47. The highest BCUT2D eigenvalue weighted by Crippen LogP contribution is 2.46. The molecule has 0 aromatic heterocycles. The van der Waals surface area contributed by atoms with Crippen molar-refractivity contribution in [2.75, 3.05) is 17.2 Å². The van der Waals surface area contributed by atoms with Gasteiger partial charge in [0.1, 0.15) is 5.75 Å². The second-order valence-corrected chi connectivity index (χ2v) is 5.02. The summed E-state index contributed by atoms with van der Waals surface area (Å²) >= 11 is 0. The summed E-state index contributed by atoms with van der Waals surface area (Å²) in [6, 6.07) is 7.28. The van der Waals surface area contributed by atoms with Gasteiger partial charge in [-0.1, -0.05) is 12.1 Å². The lowest BCUT2D eigenvalue weighted by Gasteiger charge is -2.21. The molecule has 0 unspecified atom stereocenters. The molecule has 0 radical (unpaired) electrons. The Bertz CT molecular complexity index is 829. The van der Waals surface area contributed by atoms with E-state index in [0.29, 0.717) is 17.9 Å². The van der Waals surface area contributed by atoms with Crippen molar-refractivity contribution in [1.82, 2.24) is 0 Å². The van der Waals surface area contributed by atoms with Crippen LogP contribution in [0, 0.1) is 0 Å². The number of phenolic OH excluding ortho intramolecular Hbond substituents is 4. The van der Waals surface area contributed by atoms with E-state index >= 15 is 0 Å². The molecule has 1 aliphatic rings. The third-order valence-corrected chi connectivity index (χ3v) is 3.47. The van der Waals surface area contributed by atoms with Crippen LogP contribution in [0.25, 0.3) is 5.57 Å². The van der Waals surface area contributed by atoms with E-state index in [0.717, 1.165) is 0 Å². The van der Waals surface area contributed by atoms with Crippen LogP contribution in [0.15, 0.2) is 36.4 Å². The van der Waals surface area contributed by atoms with Gasteiger partial charge in [0, 0.05) is 24.4 Å². The Morgan fingerprint density at radius 2 is 1.87 bits per heavy atom. The summed E-state index contributed by atoms with van der Waals surface area (Å²) in [5.74, 6) is -2.26. The zero-order valence-corrected chi connectivity index (χ0v) is 11.9. The van der Waals surface area contributed by atoms with Crippen molar-refractivity contribution in [1.29, 1.82) is 0 Å². The fourth-order valence-electron chi connectivity index (χ4n) is 2.41. The number of hydrogen-bond donors (Lipinski definition) is 6. The standard InChI is InChI=1S/C16H14N2O5/c19-9-3-1-2-8(6-9)18-16(23)10-4-5-17-11-7-12(20)14(21)15(22)13(10)11/h1-4,6-7,17,19-22H,5H2,(H,18,23). The molecule has 0 spiro atoms. The van der Waals surface area contributed by atoms with Crippen molar-refractivity contribution in [3.63, 3.8) is 0 Å². The van der Waals surface area contributed by atoms with Gasteiger partial charge in [-0.05, 0) is 12.1 Å². The number of benzene rings is 2. The molecule has 2 aromatic carbocycles. The number of carbonyl (C=O) groups excluding carboxylic acids is 1. The summed E-state index contributed by atoms with van der Waals surface area (Å²) in [5, 5.41) is 44.2. The molecular formula is C16H14N2O5. The second-order valence-electron chi connectivity index (χ2n) is 5.02. The lowest BCUT2D eigenvalue weighted by Crippen LogP contribution is -2.19. The van der Waals surface area contributed by atoms with E-state index in [1.807, 2.05) is 0 Å². The summed E-state index contributed by atoms with van der Waals surface area (Å²) < 4.78 is 0. The minimum absolute atomic E-state index is 0.00732. The van der Waals surface area contributed by atoms with Gasteiger partial charge in [-0.2, -0.15) is 0 Å². The zero-order chi connectivity index (χ0) is 16.6. The largest absolute Gasteiger partial charge is 0.508 e. The molecule has 7 heteroatoms. The van der Waals surface area contributed by atoms with Crippen LogP contribution >= 0.6 is 0 Å². The third kappa shape index (κ3) is 2.59. The predicted molar refractivity (Wildman–Crippen MR) is 84.6 cm³/mol. The predicted octanol–water partition coefficient (Wildman–Crippen LogP) is 1.96. The van der Waals surface area contributed by atoms with E-state index in [4.69, 9.17) is 0 Å². The molecule has 23 heavy (non-hydrogen) atoms. The van der Waals surface area contributed by atoms with E-state index in [2.05, 4.69) is 10.6 Å². The Labute approximate surface area is 131 Å². The van der Waals surface area contributed by atoms with Gasteiger partial charge in [-0.25, -0.2) is 0 Å². The van der Waals surface area contributed by atoms with Crippen LogP contribution in [0.1, 0.15) is 5.56 Å². The number of phenols is 4. The Morgan fingerprint density at radius 1 is 1.09 bits per heavy atom. The van der Waals surface area contributed by atoms with Gasteiger partial charge < -0.3 is 31.1 Å². The topological polar surface area (TPSA) is 122 Å². The van der Waals surface area contributed by atoms with Gasteiger partial charge in [0.05, 0.1) is 16.8 Å². The van der Waals surface area contributed by atoms with Crippen LogP contribution in [0.2, 0.25) is 0 Å². The number of aromatic hydroxyl groups is 4. The summed E-state index contributed by atoms with van der Waals surface area (Å²) in [5.41, 5.74) is 0.971. The van der Waals surface area contributed by atoms with E-state index in [-0.39, 0.29) is 16.9 Å². The molecule has 0 aliphatic carbocycles. The first-order valence-electron chi connectivity index (χ1n) is 6.80. The molecule has 6 N–H and O–H groups in total. The molecule has 0 saturated heterocycles. The molecule has 7 nitrogen and oxygen atoms in total. The van der Waals surface area contributed by atoms with Crippen molar-refractivity contribution >= 4 is 22.9 Å². The lowest BCUT2D eigenvalue weighted by atomic mass is 9.97. The van der Waals surface area contributed by atoms with Crippen molar-refractivity contribution in [2.45, 2.75) is 0 Å². The lowest BCUT2D eigenvalue weighted by molar-refractivity contribution is -0.111. The monoisotopic (exact) mass is 314 g/mol. The molecule has 2 aromatic rings. The van der Waals surface area contributed by atoms with E-state index in [1.165, 1.54) is 18.2 Å². The average Bonchev–Trinajstić information content (AvgIpc) is 2.52. The highest BCUT2D eigenvalue weighted by atomic mass is 16.3. The van der Waals surface area contributed by atoms with Crippen molar-refractivity contribution < 1.29 is 25.2 Å². The molecule has 1 heterocycles. The summed E-state index contributed by atoms with van der Waals surface area (Å²) in [7, 11) is 0. The smallest absolute Gasteiger partial charge is 0.256 e. The van der Waals surface area contributed by atoms with E-state index in [1.54, 1.807) is 18.2 Å². The Morgan fingerprint density at radius 3 is 2.61 bits per heavy atom. The highest BCUT2D eigenvalue weighted by Gasteiger charge is 2.26. The Balaban J connectivity index is 1.97. The number of rotatable bonds is 2. The van der Waals surface area contributed by atoms with E-state index in [9.17, 15) is 25.2 Å². The van der Waals surface area contributed by atoms with Gasteiger partial charge in [0.25, 0.3) is 5.91 Å². The number of carbonyl (C=O) groups is 1. The van der Waals surface area contributed by atoms with Crippen LogP contribution in [0.4, 0.5) is 11.4 Å². The molecule has 0 bridgehead atoms. The van der Waals surface area contributed by atoms with Crippen LogP contribution < -0.4 is 10.6 Å². The maximum absolute atomic E-state index is 12.4. The molecule has 0 saturated carbocycles. The number of nitrogens with one attached hydrogen (secondary N) is 2. The molecule has 118 valence electrons. The fraction of sp³-hybridized carbons (Fsp3) is 0.0625. The van der Waals surface area contributed by atoms with Gasteiger partial charge >= 0.3 is 0 Å². The first kappa shape index (κ1) is 14.6. The quantitative estimate of drug-likeness (QED) is 0.372. The highest BCUT2D eigenvalue weighted by molar-refractivity contribution is 6.27. The van der Waals surface area contributed by atoms with E-state index < -0.39 is 23.2 Å². The maximum atomic E-state index is 12.4. The molecular weight excluding hydrogens is 300 g/mol. The minimum Gasteiger partial charge on any atom is -0.508 e. The molecule has 1 aliphatic heterocycles. The van der Waals surface area contributed by atoms with Crippen LogP contribution in [0.5, 0.6) is 23.0 Å². The maximum Gasteiger partial charge on any atom is 0.256 e. The SMILES string of the molecule is O=C(Nc1cccc(O)c1)C1=CCNc2cc(O)c(O)c(O)c21. The molecule has 0 atom stereocenters. The van der Waals surface area contributed by atoms with Crippen molar-refractivity contribution in [2.24, 2.45) is 0 Å². The van der Waals surface area contributed by atoms with Gasteiger partial charge in [0.2, 0.25) is 5.75 Å². The van der Waals surface area contributed by atoms with Crippen LogP contribution in [-0.2, 0) is 4.79 Å². The molecule has 0 fully saturated rings. The average molecular weight is 314 g/mol. The minimum atomic E-state index is -0.691. The van der Waals surface area contributed by atoms with Gasteiger partial charge in [0.15, 0.2) is 11.5 Å². The van der Waals surface area contributed by atoms with Crippen LogP contribution in [0.3, 0.4) is 0 Å². The summed E-state index contributed by atoms with van der Waals surface area (Å²) in [6.45, 7) is 0.319. The Kier molecular flexibility index (Phi) is 3.46. The molecule has 1 amide bonds. The number of fused-ring (bicyclic) bond motifs is 1. The second kappa shape index (κ2) is 5.45. The van der Waals surface area contributed by atoms with Crippen LogP contribution in [-0.4, -0.2) is 32.9 Å². The first-order valence-corrected chi connectivity index (χ1v) is 6.80. The molecule has 3 rings (SSSR count). The van der Waals surface area contributed by atoms with Gasteiger partial charge in [-0.3, -0.25) is 4.79 Å². The van der Waals surface area contributed by atoms with Gasteiger partial charge in [-0.15, -0.1) is 0 Å². The first-order chi connectivity index (χ1) is 11.0. The normalized spacial score (nSPS) is 12.8. The number of hydrogen-bond acceptors (Lipinski definition) is 6. The number of amides is 1. The van der Waals surface area contributed by atoms with Crippen molar-refractivity contribution in [3.8, 4) is 23.0 Å². The zero-order valence-electron chi connectivity index (χ0n) is 11.9. The Hall–Kier alpha value is -3.35. The summed E-state index contributed by atoms with van der Waals surface area (Å²) in [6.07, 6.45) is 1.55. The fourth-order valence-corrected chi connectivity index (χ4v) is 2.41. The van der Waals surface area contributed by atoms with Crippen molar-refractivity contribution in [3.05, 3.63) is 42.0 Å². The summed E-state index contributed by atoms with van der Waals surface area (Å²) in [4.78, 5) is 12.4.